The molecule has 0 fully saturated rings. The van der Waals surface area contributed by atoms with Crippen LogP contribution in [0.3, 0.4) is 0 Å². The predicted octanol–water partition coefficient (Wildman–Crippen LogP) is -1.03. The first-order chi connectivity index (χ1) is 19.3. The van der Waals surface area contributed by atoms with Crippen molar-refractivity contribution in [3.63, 3.8) is 0 Å². The van der Waals surface area contributed by atoms with E-state index >= 15 is 0 Å². The van der Waals surface area contributed by atoms with Crippen molar-refractivity contribution in [1.82, 2.24) is 9.97 Å². The van der Waals surface area contributed by atoms with E-state index in [1.54, 1.807) is 42.6 Å². The summed E-state index contributed by atoms with van der Waals surface area (Å²) < 4.78 is 27.2. The molecule has 2 aromatic heterocycles. The smallest absolute Gasteiger partial charge is 1.00 e. The Morgan fingerprint density at radius 3 is 1.74 bits per heavy atom. The minimum atomic E-state index is -1.34. The Morgan fingerprint density at radius 2 is 1.26 bits per heavy atom. The number of hydrogen-bond donors (Lipinski definition) is 4. The summed E-state index contributed by atoms with van der Waals surface area (Å²) >= 11 is 3.11. The van der Waals surface area contributed by atoms with E-state index in [9.17, 15) is 8.78 Å². The van der Waals surface area contributed by atoms with E-state index in [0.717, 1.165) is 27.4 Å². The van der Waals surface area contributed by atoms with Crippen LogP contribution >= 0.6 is 15.9 Å². The summed E-state index contributed by atoms with van der Waals surface area (Å²) in [5, 5.41) is 27.4. The van der Waals surface area contributed by atoms with Gasteiger partial charge in [0.05, 0.1) is 4.47 Å². The van der Waals surface area contributed by atoms with Gasteiger partial charge in [-0.2, -0.15) is 0 Å². The van der Waals surface area contributed by atoms with Gasteiger partial charge in [-0.1, -0.05) is 60.7 Å². The Bertz CT molecular complexity index is 1610. The molecule has 4 aromatic carbocycles. The number of aromatic nitrogens is 2. The van der Waals surface area contributed by atoms with Gasteiger partial charge in [0.2, 0.25) is 0 Å². The van der Waals surface area contributed by atoms with Gasteiger partial charge in [-0.05, 0) is 63.4 Å². The quantitative estimate of drug-likeness (QED) is 0.0822. The van der Waals surface area contributed by atoms with Crippen LogP contribution in [0.15, 0.2) is 114 Å². The number of nitrogens with one attached hydrogen (secondary N) is 2. The van der Waals surface area contributed by atoms with E-state index in [1.807, 2.05) is 60.8 Å². The standard InChI is InChI=1S/C14H10FN.C8H5BrFN.C6H7BO2.CH2O3.2K.H/c15-13-8-11-6-7-16-14(11)9-12(13)10-4-2-1-3-5-10;9-6-4-8-5(1-2-11-8)3-7(6)10;8-7(9)6-4-2-1-3-5-6;2-1-4-3;;;/h1-9,16H;1-4,11H;1-5,8-9H;1,3H;;;/q;;;;2*+1;-1/p-1. The Hall–Kier alpha value is -1.01. The second-order valence-corrected chi connectivity index (χ2v) is 8.93. The molecule has 0 saturated heterocycles. The molecule has 2 heterocycles. The summed E-state index contributed by atoms with van der Waals surface area (Å²) in [7, 11) is -1.34. The maximum atomic E-state index is 13.9. The van der Waals surface area contributed by atoms with Crippen LogP contribution in [-0.2, 0) is 9.68 Å². The minimum absolute atomic E-state index is 0. The molecule has 13 heteroatoms. The summed E-state index contributed by atoms with van der Waals surface area (Å²) in [6, 6.07) is 28.6. The van der Waals surface area contributed by atoms with Crippen LogP contribution in [0.2, 0.25) is 0 Å². The average molecular weight is 687 g/mol. The number of carbonyl (C=O) groups excluding carboxylic acids is 1. The Balaban J connectivity index is 0.000000581. The Kier molecular flexibility index (Phi) is 19.4. The number of benzene rings is 4. The van der Waals surface area contributed by atoms with Crippen LogP contribution in [0.5, 0.6) is 0 Å². The van der Waals surface area contributed by atoms with Crippen molar-refractivity contribution >= 4 is 56.8 Å². The number of carbonyl (C=O) groups is 1. The fraction of sp³-hybridized carbons (Fsp3) is 0. The Labute approximate surface area is 336 Å². The number of hydrogen-bond acceptors (Lipinski definition) is 5. The van der Waals surface area contributed by atoms with Crippen LogP contribution in [0, 0.1) is 11.6 Å². The van der Waals surface area contributed by atoms with Gasteiger partial charge < -0.3 is 31.6 Å². The molecule has 0 radical (unpaired) electrons. The topological polar surface area (TPSA) is 121 Å². The molecular weight excluding hydrogens is 663 g/mol. The molecule has 4 N–H and O–H groups in total. The van der Waals surface area contributed by atoms with E-state index in [-0.39, 0.29) is 122 Å². The zero-order valence-corrected chi connectivity index (χ0v) is 30.6. The molecule has 206 valence electrons. The van der Waals surface area contributed by atoms with Gasteiger partial charge in [-0.25, -0.2) is 8.78 Å². The Morgan fingerprint density at radius 1 is 0.786 bits per heavy atom. The van der Waals surface area contributed by atoms with Crippen LogP contribution in [0.25, 0.3) is 32.9 Å². The average Bonchev–Trinajstić information content (AvgIpc) is 3.63. The largest absolute Gasteiger partial charge is 1.00 e. The minimum Gasteiger partial charge on any atom is -1.00 e. The molecule has 0 amide bonds. The molecule has 42 heavy (non-hydrogen) atoms. The van der Waals surface area contributed by atoms with E-state index in [0.29, 0.717) is 15.5 Å². The van der Waals surface area contributed by atoms with Crippen LogP contribution in [-0.4, -0.2) is 33.6 Å². The monoisotopic (exact) mass is 686 g/mol. The maximum Gasteiger partial charge on any atom is 1.00 e. The molecule has 0 aliphatic rings. The normalized spacial score (nSPS) is 9.38. The number of rotatable bonds is 3. The molecule has 0 atom stereocenters. The molecular formula is C29H24BBrF2K2N2O5. The molecule has 7 nitrogen and oxygen atoms in total. The molecule has 0 aliphatic carbocycles. The first-order valence-electron chi connectivity index (χ1n) is 11.7. The van der Waals surface area contributed by atoms with E-state index in [4.69, 9.17) is 20.1 Å². The van der Waals surface area contributed by atoms with E-state index in [2.05, 4.69) is 30.8 Å². The van der Waals surface area contributed by atoms with Crippen molar-refractivity contribution in [3.8, 4) is 11.1 Å². The van der Waals surface area contributed by atoms with Crippen LogP contribution in [0.1, 0.15) is 1.43 Å². The number of aromatic amines is 2. The summed E-state index contributed by atoms with van der Waals surface area (Å²) in [6.45, 7) is -0.181. The van der Waals surface area contributed by atoms with Gasteiger partial charge in [-0.15, -0.1) is 0 Å². The fourth-order valence-corrected chi connectivity index (χ4v) is 3.93. The third-order valence-electron chi connectivity index (χ3n) is 5.46. The predicted molar refractivity (Wildman–Crippen MR) is 154 cm³/mol. The van der Waals surface area contributed by atoms with Crippen molar-refractivity contribution in [2.24, 2.45) is 0 Å². The molecule has 0 aliphatic heterocycles. The van der Waals surface area contributed by atoms with E-state index < -0.39 is 7.12 Å². The molecule has 0 unspecified atom stereocenters. The van der Waals surface area contributed by atoms with Crippen molar-refractivity contribution in [2.75, 3.05) is 0 Å². The number of halogens is 3. The second kappa shape index (κ2) is 20.9. The molecule has 0 spiro atoms. The van der Waals surface area contributed by atoms with E-state index in [1.165, 1.54) is 6.07 Å². The fourth-order valence-electron chi connectivity index (χ4n) is 3.58. The summed E-state index contributed by atoms with van der Waals surface area (Å²) in [6.07, 6.45) is 3.61. The van der Waals surface area contributed by atoms with Crippen molar-refractivity contribution < 1.29 is 138 Å². The van der Waals surface area contributed by atoms with Crippen molar-refractivity contribution in [3.05, 3.63) is 126 Å². The van der Waals surface area contributed by atoms with Crippen molar-refractivity contribution in [2.45, 2.75) is 0 Å². The first-order valence-corrected chi connectivity index (χ1v) is 12.5. The maximum absolute atomic E-state index is 13.9. The van der Waals surface area contributed by atoms with Gasteiger partial charge in [-0.3, -0.25) is 4.79 Å². The molecule has 6 rings (SSSR count). The van der Waals surface area contributed by atoms with Crippen LogP contribution in [0.4, 0.5) is 8.78 Å². The summed E-state index contributed by atoms with van der Waals surface area (Å²) in [5.41, 5.74) is 3.96. The number of fused-ring (bicyclic) bond motifs is 2. The third kappa shape index (κ3) is 12.2. The number of H-pyrrole nitrogens is 2. The van der Waals surface area contributed by atoms with Gasteiger partial charge in [0, 0.05) is 39.8 Å². The molecule has 0 bridgehead atoms. The summed E-state index contributed by atoms with van der Waals surface area (Å²) in [5.74, 6) is -0.407. The molecule has 0 saturated carbocycles. The summed E-state index contributed by atoms with van der Waals surface area (Å²) in [4.78, 5) is 17.3. The first kappa shape index (κ1) is 39.0. The SMILES string of the molecule is Fc1cc2cc[nH]c2cc1-c1ccccc1.Fc1cc2cc[nH]c2cc1Br.O=CO[O-].OB(O)c1ccccc1.[H-].[K+].[K+]. The zero-order valence-electron chi connectivity index (χ0n) is 23.8. The molecule has 6 aromatic rings. The van der Waals surface area contributed by atoms with Crippen LogP contribution < -0.4 is 113 Å². The van der Waals surface area contributed by atoms with Crippen molar-refractivity contribution in [1.29, 1.82) is 0 Å². The van der Waals surface area contributed by atoms with Gasteiger partial charge >= 0.3 is 110 Å². The van der Waals surface area contributed by atoms with Gasteiger partial charge in [0.15, 0.2) is 0 Å². The second-order valence-electron chi connectivity index (χ2n) is 8.07. The van der Waals surface area contributed by atoms with Gasteiger partial charge in [0.1, 0.15) is 11.6 Å². The zero-order chi connectivity index (χ0) is 28.9. The van der Waals surface area contributed by atoms with Gasteiger partial charge in [0.25, 0.3) is 6.47 Å². The third-order valence-corrected chi connectivity index (χ3v) is 6.06.